The number of carbonyl (C=O) groups excluding carboxylic acids is 1. The van der Waals surface area contributed by atoms with Gasteiger partial charge in [-0.3, -0.25) is 9.36 Å². The van der Waals surface area contributed by atoms with Crippen LogP contribution in [-0.4, -0.2) is 51.3 Å². The molecule has 11 heteroatoms. The number of anilines is 1. The fourth-order valence-electron chi connectivity index (χ4n) is 3.37. The van der Waals surface area contributed by atoms with Crippen molar-refractivity contribution >= 4 is 45.5 Å². The van der Waals surface area contributed by atoms with Crippen LogP contribution in [0.2, 0.25) is 0 Å². The number of para-hydroxylation sites is 2. The van der Waals surface area contributed by atoms with Gasteiger partial charge in [0.15, 0.2) is 10.7 Å². The molecule has 1 amide bonds. The van der Waals surface area contributed by atoms with Crippen LogP contribution >= 0.6 is 11.8 Å². The number of benzene rings is 2. The second-order valence-electron chi connectivity index (χ2n) is 7.40. The Hall–Kier alpha value is -3.18. The number of thioether (sulfide) groups is 1. The summed E-state index contributed by atoms with van der Waals surface area (Å²) >= 11 is 0.297. The number of nitrogens with zero attached hydrogens (tertiary/aromatic N) is 4. The molecule has 0 radical (unpaired) electrons. The second-order valence-corrected chi connectivity index (χ2v) is 8.36. The van der Waals surface area contributed by atoms with Gasteiger partial charge in [0, 0.05) is 18.8 Å². The lowest BCUT2D eigenvalue weighted by molar-refractivity contribution is -0.116. The third-order valence-electron chi connectivity index (χ3n) is 4.84. The second kappa shape index (κ2) is 9.13. The largest absolute Gasteiger partial charge is 0.419 e. The number of amides is 1. The Morgan fingerprint density at radius 3 is 2.72 bits per heavy atom. The van der Waals surface area contributed by atoms with Crippen LogP contribution in [0.3, 0.4) is 0 Å². The van der Waals surface area contributed by atoms with E-state index in [2.05, 4.69) is 10.3 Å². The van der Waals surface area contributed by atoms with Gasteiger partial charge in [0.1, 0.15) is 6.54 Å². The highest BCUT2D eigenvalue weighted by Gasteiger charge is 2.18. The minimum absolute atomic E-state index is 0.0687. The van der Waals surface area contributed by atoms with E-state index >= 15 is 0 Å². The van der Waals surface area contributed by atoms with E-state index in [1.807, 2.05) is 19.0 Å². The van der Waals surface area contributed by atoms with Crippen LogP contribution in [0.1, 0.15) is 0 Å². The van der Waals surface area contributed by atoms with Crippen LogP contribution < -0.4 is 11.1 Å². The number of carbonyl (C=O) groups is 1. The van der Waals surface area contributed by atoms with Gasteiger partial charge in [-0.2, -0.15) is 8.78 Å². The zero-order valence-corrected chi connectivity index (χ0v) is 18.2. The van der Waals surface area contributed by atoms with Crippen molar-refractivity contribution in [1.29, 1.82) is 0 Å². The van der Waals surface area contributed by atoms with Gasteiger partial charge in [0.05, 0.1) is 16.6 Å². The average Bonchev–Trinajstić information content (AvgIpc) is 3.22. The third kappa shape index (κ3) is 4.68. The predicted octanol–water partition coefficient (Wildman–Crippen LogP) is 3.46. The summed E-state index contributed by atoms with van der Waals surface area (Å²) < 4.78 is 34.2. The van der Waals surface area contributed by atoms with E-state index in [4.69, 9.17) is 4.42 Å². The minimum Gasteiger partial charge on any atom is -0.408 e. The Labute approximate surface area is 185 Å². The Morgan fingerprint density at radius 1 is 1.19 bits per heavy atom. The molecule has 4 rings (SSSR count). The van der Waals surface area contributed by atoms with Gasteiger partial charge in [0.25, 0.3) is 5.76 Å². The van der Waals surface area contributed by atoms with Crippen LogP contribution in [0.25, 0.3) is 22.1 Å². The first-order chi connectivity index (χ1) is 15.3. The van der Waals surface area contributed by atoms with E-state index in [9.17, 15) is 18.4 Å². The number of hydrogen-bond donors (Lipinski definition) is 1. The number of rotatable bonds is 8. The molecule has 0 aliphatic carbocycles. The normalized spacial score (nSPS) is 11.8. The Balaban J connectivity index is 1.58. The van der Waals surface area contributed by atoms with Gasteiger partial charge in [-0.25, -0.2) is 9.78 Å². The topological polar surface area (TPSA) is 85.3 Å². The van der Waals surface area contributed by atoms with Crippen molar-refractivity contribution in [2.45, 2.75) is 24.0 Å². The molecular formula is C21H21F2N5O3S. The molecule has 8 nitrogen and oxygen atoms in total. The number of likely N-dealkylation sites (N-methyl/N-ethyl adjacent to an activating group) is 1. The van der Waals surface area contributed by atoms with Gasteiger partial charge >= 0.3 is 5.76 Å². The summed E-state index contributed by atoms with van der Waals surface area (Å²) in [7, 11) is 3.80. The van der Waals surface area contributed by atoms with E-state index in [1.165, 1.54) is 9.13 Å². The highest BCUT2D eigenvalue weighted by molar-refractivity contribution is 7.99. The molecule has 0 saturated carbocycles. The van der Waals surface area contributed by atoms with Gasteiger partial charge in [-0.1, -0.05) is 12.1 Å². The van der Waals surface area contributed by atoms with E-state index < -0.39 is 17.4 Å². The molecule has 2 aromatic carbocycles. The summed E-state index contributed by atoms with van der Waals surface area (Å²) in [5.74, 6) is -3.53. The number of oxazole rings is 1. The number of fused-ring (bicyclic) bond motifs is 2. The lowest BCUT2D eigenvalue weighted by atomic mass is 10.2. The van der Waals surface area contributed by atoms with Gasteiger partial charge in [-0.15, -0.1) is 0 Å². The summed E-state index contributed by atoms with van der Waals surface area (Å²) in [5, 5.41) is 2.84. The predicted molar refractivity (Wildman–Crippen MR) is 119 cm³/mol. The molecule has 0 saturated heterocycles. The van der Waals surface area contributed by atoms with Crippen molar-refractivity contribution in [2.24, 2.45) is 0 Å². The number of nitrogens with one attached hydrogen (secondary N) is 1. The maximum Gasteiger partial charge on any atom is 0.419 e. The van der Waals surface area contributed by atoms with Crippen molar-refractivity contribution < 1.29 is 18.0 Å². The molecule has 0 spiro atoms. The molecule has 2 heterocycles. The molecule has 0 aliphatic heterocycles. The Kier molecular flexibility index (Phi) is 6.28. The van der Waals surface area contributed by atoms with Crippen molar-refractivity contribution in [3.63, 3.8) is 0 Å². The number of hydrogen-bond acceptors (Lipinski definition) is 6. The smallest absolute Gasteiger partial charge is 0.408 e. The van der Waals surface area contributed by atoms with E-state index in [0.717, 1.165) is 0 Å². The number of alkyl halides is 2. The summed E-state index contributed by atoms with van der Waals surface area (Å²) in [6.07, 6.45) is 0. The zero-order valence-electron chi connectivity index (χ0n) is 17.4. The maximum absolute atomic E-state index is 13.0. The monoisotopic (exact) mass is 461 g/mol. The number of aromatic nitrogens is 3. The Morgan fingerprint density at radius 2 is 1.97 bits per heavy atom. The standard InChI is InChI=1S/C21H21F2N5O3S/c1-26(2)9-10-27-16-11-13(7-8-17(16)31-21(27)30)24-18(29)12-28-15-6-4-3-5-14(15)25-20(28)32-19(22)23/h3-8,11,19H,9-10,12H2,1-2H3,(H,24,29). The van der Waals surface area contributed by atoms with E-state index in [0.29, 0.717) is 52.7 Å². The van der Waals surface area contributed by atoms with Crippen molar-refractivity contribution in [3.05, 3.63) is 53.0 Å². The number of imidazole rings is 1. The fraction of sp³-hybridized carbons (Fsp3) is 0.286. The maximum atomic E-state index is 13.0. The summed E-state index contributed by atoms with van der Waals surface area (Å²) in [5.41, 5.74) is 2.58. The lowest BCUT2D eigenvalue weighted by Gasteiger charge is -2.11. The van der Waals surface area contributed by atoms with Crippen LogP contribution in [-0.2, 0) is 17.9 Å². The van der Waals surface area contributed by atoms with E-state index in [-0.39, 0.29) is 11.7 Å². The minimum atomic E-state index is -2.66. The third-order valence-corrected chi connectivity index (χ3v) is 5.54. The van der Waals surface area contributed by atoms with Crippen molar-refractivity contribution in [2.75, 3.05) is 26.0 Å². The van der Waals surface area contributed by atoms with Gasteiger partial charge in [0.2, 0.25) is 5.91 Å². The SMILES string of the molecule is CN(C)CCn1c(=O)oc2ccc(NC(=O)Cn3c(SC(F)F)nc4ccccc43)cc21. The van der Waals surface area contributed by atoms with E-state index in [1.54, 1.807) is 42.5 Å². The first-order valence-electron chi connectivity index (χ1n) is 9.80. The quantitative estimate of drug-likeness (QED) is 0.405. The van der Waals surface area contributed by atoms with Crippen LogP contribution in [0, 0.1) is 0 Å². The Bertz CT molecular complexity index is 1330. The first kappa shape index (κ1) is 22.0. The van der Waals surface area contributed by atoms with Crippen LogP contribution in [0.5, 0.6) is 0 Å². The molecule has 0 atom stereocenters. The summed E-state index contributed by atoms with van der Waals surface area (Å²) in [6, 6.07) is 11.9. The molecule has 1 N–H and O–H groups in total. The van der Waals surface area contributed by atoms with Crippen molar-refractivity contribution in [3.8, 4) is 0 Å². The van der Waals surface area contributed by atoms with Crippen LogP contribution in [0.15, 0.2) is 56.8 Å². The first-order valence-corrected chi connectivity index (χ1v) is 10.7. The summed E-state index contributed by atoms with van der Waals surface area (Å²) in [6.45, 7) is 0.890. The molecule has 32 heavy (non-hydrogen) atoms. The fourth-order valence-corrected chi connectivity index (χ4v) is 3.97. The molecule has 0 fully saturated rings. The summed E-state index contributed by atoms with van der Waals surface area (Å²) in [4.78, 5) is 31.1. The molecule has 168 valence electrons. The highest BCUT2D eigenvalue weighted by Crippen LogP contribution is 2.28. The van der Waals surface area contributed by atoms with Crippen LogP contribution in [0.4, 0.5) is 14.5 Å². The molecule has 0 unspecified atom stereocenters. The lowest BCUT2D eigenvalue weighted by Crippen LogP contribution is -2.23. The van der Waals surface area contributed by atoms with Gasteiger partial charge in [-0.05, 0) is 56.2 Å². The molecular weight excluding hydrogens is 440 g/mol. The molecule has 4 aromatic rings. The molecule has 2 aromatic heterocycles. The van der Waals surface area contributed by atoms with Crippen molar-refractivity contribution in [1.82, 2.24) is 19.0 Å². The average molecular weight is 461 g/mol. The highest BCUT2D eigenvalue weighted by atomic mass is 32.2. The molecule has 0 bridgehead atoms. The zero-order chi connectivity index (χ0) is 22.8. The molecule has 0 aliphatic rings. The number of halogens is 2. The van der Waals surface area contributed by atoms with Gasteiger partial charge < -0.3 is 19.2 Å².